The fourth-order valence-corrected chi connectivity index (χ4v) is 3.22. The molecule has 0 aromatic carbocycles. The van der Waals surface area contributed by atoms with Gasteiger partial charge in [-0.2, -0.15) is 0 Å². The number of esters is 1. The first-order valence-corrected chi connectivity index (χ1v) is 6.64. The van der Waals surface area contributed by atoms with Crippen LogP contribution in [0.1, 0.15) is 32.1 Å². The molecule has 19 heavy (non-hydrogen) atoms. The van der Waals surface area contributed by atoms with Gasteiger partial charge in [0.1, 0.15) is 0 Å². The van der Waals surface area contributed by atoms with E-state index in [4.69, 9.17) is 9.57 Å². The molecule has 3 aliphatic rings. The molecule has 0 aromatic rings. The van der Waals surface area contributed by atoms with Gasteiger partial charge in [0.25, 0.3) is 0 Å². The van der Waals surface area contributed by atoms with Crippen LogP contribution in [0, 0.1) is 5.92 Å². The largest absolute Gasteiger partial charge is 0.441 e. The molecule has 7 heteroatoms. The number of aliphatic hydroxyl groups excluding tert-OH is 2. The predicted molar refractivity (Wildman–Crippen MR) is 60.2 cm³/mol. The molecule has 2 aliphatic heterocycles. The summed E-state index contributed by atoms with van der Waals surface area (Å²) in [5, 5.41) is 20.3. The molecule has 0 spiro atoms. The Labute approximate surface area is 110 Å². The summed E-state index contributed by atoms with van der Waals surface area (Å²) in [6.45, 7) is 0. The van der Waals surface area contributed by atoms with Crippen LogP contribution in [0.25, 0.3) is 0 Å². The Morgan fingerprint density at radius 2 is 1.74 bits per heavy atom. The molecule has 3 rings (SSSR count). The Kier molecular flexibility index (Phi) is 3.20. The van der Waals surface area contributed by atoms with Crippen molar-refractivity contribution in [1.82, 2.24) is 5.06 Å². The number of hydroxylamine groups is 2. The summed E-state index contributed by atoms with van der Waals surface area (Å²) >= 11 is 0. The van der Waals surface area contributed by atoms with E-state index >= 15 is 0 Å². The Hall–Kier alpha value is -1.18. The van der Waals surface area contributed by atoms with E-state index in [2.05, 4.69) is 0 Å². The minimum absolute atomic E-state index is 0.0398. The number of fused-ring (bicyclic) bond motifs is 3. The van der Waals surface area contributed by atoms with Crippen LogP contribution < -0.4 is 0 Å². The molecule has 0 bridgehead atoms. The van der Waals surface area contributed by atoms with Crippen LogP contribution in [0.3, 0.4) is 0 Å². The van der Waals surface area contributed by atoms with Crippen molar-refractivity contribution >= 4 is 11.9 Å². The number of carbonyl (C=O) groups is 2. The maximum Gasteiger partial charge on any atom is 0.357 e. The van der Waals surface area contributed by atoms with Crippen LogP contribution >= 0.6 is 0 Å². The Balaban J connectivity index is 1.84. The van der Waals surface area contributed by atoms with Crippen molar-refractivity contribution < 1.29 is 29.4 Å². The number of carbonyl (C=O) groups excluding carboxylic acids is 2. The molecule has 106 valence electrons. The second kappa shape index (κ2) is 4.73. The van der Waals surface area contributed by atoms with E-state index in [1.807, 2.05) is 0 Å². The lowest BCUT2D eigenvalue weighted by Gasteiger charge is -2.33. The van der Waals surface area contributed by atoms with Gasteiger partial charge in [0.05, 0.1) is 6.04 Å². The smallest absolute Gasteiger partial charge is 0.357 e. The topological polar surface area (TPSA) is 96.3 Å². The number of ether oxygens (including phenoxy) is 1. The van der Waals surface area contributed by atoms with Crippen molar-refractivity contribution in [3.05, 3.63) is 0 Å². The summed E-state index contributed by atoms with van der Waals surface area (Å²) in [5.41, 5.74) is 0. The predicted octanol–water partition coefficient (Wildman–Crippen LogP) is -0.686. The normalized spacial score (nSPS) is 43.6. The van der Waals surface area contributed by atoms with Gasteiger partial charge in [-0.05, 0) is 18.8 Å². The second-order valence-corrected chi connectivity index (χ2v) is 5.40. The van der Waals surface area contributed by atoms with Crippen LogP contribution in [0.2, 0.25) is 0 Å². The standard InChI is InChI=1S/C12H17NO6/c14-9-10(15)12(17)19-13-7-4-2-1-3-6(7)5-8(13)18-11(9)16/h6-10,14-15H,1-5H2. The van der Waals surface area contributed by atoms with Gasteiger partial charge < -0.3 is 19.8 Å². The van der Waals surface area contributed by atoms with Crippen LogP contribution in [0.5, 0.6) is 0 Å². The molecule has 1 saturated carbocycles. The highest BCUT2D eigenvalue weighted by Crippen LogP contribution is 2.40. The van der Waals surface area contributed by atoms with E-state index in [1.165, 1.54) is 5.06 Å². The van der Waals surface area contributed by atoms with Gasteiger partial charge in [0.15, 0.2) is 18.4 Å². The molecule has 1 aliphatic carbocycles. The summed E-state index contributed by atoms with van der Waals surface area (Å²) in [4.78, 5) is 28.4. The maximum absolute atomic E-state index is 11.7. The van der Waals surface area contributed by atoms with E-state index in [1.54, 1.807) is 0 Å². The lowest BCUT2D eigenvalue weighted by atomic mass is 9.85. The van der Waals surface area contributed by atoms with Crippen molar-refractivity contribution in [3.63, 3.8) is 0 Å². The fraction of sp³-hybridized carbons (Fsp3) is 0.833. The molecule has 0 radical (unpaired) electrons. The molecule has 2 heterocycles. The Morgan fingerprint density at radius 1 is 1.05 bits per heavy atom. The molecule has 7 nitrogen and oxygen atoms in total. The Morgan fingerprint density at radius 3 is 2.53 bits per heavy atom. The van der Waals surface area contributed by atoms with E-state index in [9.17, 15) is 19.8 Å². The number of hydrogen-bond donors (Lipinski definition) is 2. The van der Waals surface area contributed by atoms with Gasteiger partial charge in [0, 0.05) is 6.42 Å². The fourth-order valence-electron chi connectivity index (χ4n) is 3.22. The van der Waals surface area contributed by atoms with E-state index < -0.39 is 30.4 Å². The zero-order valence-corrected chi connectivity index (χ0v) is 10.4. The van der Waals surface area contributed by atoms with Gasteiger partial charge in [-0.25, -0.2) is 9.59 Å². The molecule has 2 saturated heterocycles. The average Bonchev–Trinajstić information content (AvgIpc) is 2.74. The number of rotatable bonds is 0. The van der Waals surface area contributed by atoms with E-state index in [0.29, 0.717) is 12.3 Å². The molecule has 5 unspecified atom stereocenters. The van der Waals surface area contributed by atoms with Crippen LogP contribution in [-0.2, 0) is 19.2 Å². The first kappa shape index (κ1) is 12.8. The van der Waals surface area contributed by atoms with Gasteiger partial charge in [-0.1, -0.05) is 17.9 Å². The highest BCUT2D eigenvalue weighted by Gasteiger charge is 2.50. The lowest BCUT2D eigenvalue weighted by Crippen LogP contribution is -2.52. The molecule has 2 N–H and O–H groups in total. The number of hydrogen-bond acceptors (Lipinski definition) is 7. The first-order chi connectivity index (χ1) is 9.08. The quantitative estimate of drug-likeness (QED) is 0.563. The third kappa shape index (κ3) is 2.11. The molecule has 3 fully saturated rings. The third-order valence-corrected chi connectivity index (χ3v) is 4.21. The minimum atomic E-state index is -1.89. The molecule has 0 aromatic heterocycles. The van der Waals surface area contributed by atoms with Gasteiger partial charge in [0.2, 0.25) is 0 Å². The van der Waals surface area contributed by atoms with Gasteiger partial charge in [-0.15, -0.1) is 0 Å². The lowest BCUT2D eigenvalue weighted by molar-refractivity contribution is -0.264. The SMILES string of the molecule is O=C1OC2CC3CCCCC3N2OC(=O)C(O)C1O. The van der Waals surface area contributed by atoms with E-state index in [-0.39, 0.29) is 6.04 Å². The number of aliphatic hydroxyl groups is 2. The van der Waals surface area contributed by atoms with E-state index in [0.717, 1.165) is 25.7 Å². The zero-order chi connectivity index (χ0) is 13.6. The molecular formula is C12H17NO6. The highest BCUT2D eigenvalue weighted by molar-refractivity contribution is 5.85. The Bertz CT molecular complexity index is 400. The molecule has 5 atom stereocenters. The monoisotopic (exact) mass is 271 g/mol. The minimum Gasteiger partial charge on any atom is -0.441 e. The number of nitrogens with zero attached hydrogens (tertiary/aromatic N) is 1. The van der Waals surface area contributed by atoms with Crippen LogP contribution in [-0.4, -0.2) is 51.7 Å². The van der Waals surface area contributed by atoms with Crippen LogP contribution in [0.4, 0.5) is 0 Å². The van der Waals surface area contributed by atoms with Gasteiger partial charge >= 0.3 is 11.9 Å². The van der Waals surface area contributed by atoms with Crippen LogP contribution in [0.15, 0.2) is 0 Å². The maximum atomic E-state index is 11.7. The van der Waals surface area contributed by atoms with Gasteiger partial charge in [-0.3, -0.25) is 0 Å². The van der Waals surface area contributed by atoms with Crippen molar-refractivity contribution in [3.8, 4) is 0 Å². The average molecular weight is 271 g/mol. The van der Waals surface area contributed by atoms with Crippen molar-refractivity contribution in [2.75, 3.05) is 0 Å². The summed E-state index contributed by atoms with van der Waals surface area (Å²) in [6, 6.07) is 0.0398. The van der Waals surface area contributed by atoms with Crippen molar-refractivity contribution in [2.24, 2.45) is 5.92 Å². The van der Waals surface area contributed by atoms with Crippen molar-refractivity contribution in [1.29, 1.82) is 0 Å². The highest BCUT2D eigenvalue weighted by atomic mass is 16.8. The zero-order valence-electron chi connectivity index (χ0n) is 10.4. The first-order valence-electron chi connectivity index (χ1n) is 6.64. The second-order valence-electron chi connectivity index (χ2n) is 5.40. The van der Waals surface area contributed by atoms with Crippen molar-refractivity contribution in [2.45, 2.75) is 56.6 Å². The summed E-state index contributed by atoms with van der Waals surface area (Å²) in [7, 11) is 0. The molecule has 0 amide bonds. The summed E-state index contributed by atoms with van der Waals surface area (Å²) < 4.78 is 5.14. The molecular weight excluding hydrogens is 254 g/mol. The summed E-state index contributed by atoms with van der Waals surface area (Å²) in [6.07, 6.45) is 0.241. The third-order valence-electron chi connectivity index (χ3n) is 4.21. The summed E-state index contributed by atoms with van der Waals surface area (Å²) in [5.74, 6) is -1.65.